The van der Waals surface area contributed by atoms with Crippen LogP contribution < -0.4 is 126 Å². The molecule has 5 nitrogen and oxygen atoms in total. The van der Waals surface area contributed by atoms with Crippen LogP contribution in [-0.2, 0) is 9.59 Å². The molecule has 0 rings (SSSR count). The first-order valence-corrected chi connectivity index (χ1v) is 2.70. The molecule has 0 bridgehead atoms. The van der Waals surface area contributed by atoms with Gasteiger partial charge in [-0.15, -0.1) is 0 Å². The van der Waals surface area contributed by atoms with Crippen LogP contribution in [0.25, 0.3) is 0 Å². The molecule has 58 valence electrons. The van der Waals surface area contributed by atoms with Crippen LogP contribution in [0.1, 0.15) is 12.8 Å². The van der Waals surface area contributed by atoms with Crippen LogP contribution in [0, 0.1) is 0 Å². The fourth-order valence-electron chi connectivity index (χ4n) is 0.391. The van der Waals surface area contributed by atoms with E-state index in [1.54, 1.807) is 0 Å². The van der Waals surface area contributed by atoms with Crippen LogP contribution >= 0.6 is 0 Å². The number of carbonyl (C=O) groups excluding carboxylic acids is 2. The molecular formula is C5H7KNNa2O4+. The molecule has 0 saturated heterocycles. The number of hydrogen-bond acceptors (Lipinski definition) is 5. The Morgan fingerprint density at radius 2 is 1.62 bits per heavy atom. The van der Waals surface area contributed by atoms with E-state index in [1.807, 2.05) is 0 Å². The molecular weight excluding hydrogens is 223 g/mol. The predicted molar refractivity (Wildman–Crippen MR) is 27.2 cm³/mol. The molecule has 0 heterocycles. The minimum absolute atomic E-state index is 0. The summed E-state index contributed by atoms with van der Waals surface area (Å²) in [7, 11) is 0. The molecule has 13 heavy (non-hydrogen) atoms. The van der Waals surface area contributed by atoms with Crippen molar-refractivity contribution in [3.63, 3.8) is 0 Å². The molecule has 2 N–H and O–H groups in total. The third-order valence-corrected chi connectivity index (χ3v) is 0.962. The zero-order valence-corrected chi connectivity index (χ0v) is 15.3. The molecule has 0 aliphatic rings. The molecule has 1 atom stereocenters. The van der Waals surface area contributed by atoms with Crippen molar-refractivity contribution < 1.29 is 130 Å². The standard InChI is InChI=1S/C5H9NO4.K.2Na/c6-3(5(9)10)1-2-4(7)8;;;/h3H,1-2,6H2,(H,7,8)(H,9,10);;;/q;3*+1/p-2/t3-;;;/m0.../s1. The summed E-state index contributed by atoms with van der Waals surface area (Å²) in [5.41, 5.74) is 4.91. The summed E-state index contributed by atoms with van der Waals surface area (Å²) in [5, 5.41) is 19.6. The van der Waals surface area contributed by atoms with Gasteiger partial charge in [-0.3, -0.25) is 0 Å². The van der Waals surface area contributed by atoms with E-state index in [9.17, 15) is 19.8 Å². The van der Waals surface area contributed by atoms with E-state index in [2.05, 4.69) is 0 Å². The van der Waals surface area contributed by atoms with Gasteiger partial charge in [0.1, 0.15) is 0 Å². The van der Waals surface area contributed by atoms with Gasteiger partial charge in [0.25, 0.3) is 0 Å². The largest absolute Gasteiger partial charge is 1.00 e. The third-order valence-electron chi connectivity index (χ3n) is 0.962. The Morgan fingerprint density at radius 3 is 1.85 bits per heavy atom. The summed E-state index contributed by atoms with van der Waals surface area (Å²) in [6.07, 6.45) is -0.500. The summed E-state index contributed by atoms with van der Waals surface area (Å²) in [4.78, 5) is 19.6. The molecule has 0 aliphatic carbocycles. The second-order valence-corrected chi connectivity index (χ2v) is 1.84. The number of nitrogens with two attached hydrogens (primary N) is 1. The second-order valence-electron chi connectivity index (χ2n) is 1.84. The van der Waals surface area contributed by atoms with Crippen molar-refractivity contribution in [2.24, 2.45) is 5.73 Å². The summed E-state index contributed by atoms with van der Waals surface area (Å²) in [5.74, 6) is -2.75. The number of aliphatic carboxylic acids is 2. The van der Waals surface area contributed by atoms with Gasteiger partial charge in [-0.05, 0) is 12.8 Å². The Morgan fingerprint density at radius 1 is 1.23 bits per heavy atom. The van der Waals surface area contributed by atoms with Crippen LogP contribution in [0.2, 0.25) is 0 Å². The molecule has 0 spiro atoms. The van der Waals surface area contributed by atoms with Gasteiger partial charge in [0.2, 0.25) is 0 Å². The number of carbonyl (C=O) groups is 2. The van der Waals surface area contributed by atoms with Gasteiger partial charge >= 0.3 is 110 Å². The van der Waals surface area contributed by atoms with Crippen molar-refractivity contribution in [3.05, 3.63) is 0 Å². The normalized spacial score (nSPS) is 9.62. The first kappa shape index (κ1) is 24.7. The maximum Gasteiger partial charge on any atom is 1.00 e. The molecule has 0 aromatic carbocycles. The fraction of sp³-hybridized carbons (Fsp3) is 0.600. The molecule has 0 unspecified atom stereocenters. The molecule has 8 heteroatoms. The van der Waals surface area contributed by atoms with Crippen molar-refractivity contribution in [2.75, 3.05) is 0 Å². The Labute approximate surface area is 163 Å². The molecule has 0 fully saturated rings. The Kier molecular flexibility index (Phi) is 27.6. The van der Waals surface area contributed by atoms with Crippen molar-refractivity contribution in [1.82, 2.24) is 0 Å². The van der Waals surface area contributed by atoms with Gasteiger partial charge in [0.05, 0.1) is 5.97 Å². The van der Waals surface area contributed by atoms with Crippen LogP contribution in [0.4, 0.5) is 0 Å². The van der Waals surface area contributed by atoms with Gasteiger partial charge in [-0.25, -0.2) is 0 Å². The molecule has 0 saturated carbocycles. The molecule has 0 aromatic rings. The Bertz CT molecular complexity index is 157. The topological polar surface area (TPSA) is 106 Å². The van der Waals surface area contributed by atoms with Gasteiger partial charge in [-0.2, -0.15) is 0 Å². The summed E-state index contributed by atoms with van der Waals surface area (Å²) >= 11 is 0. The van der Waals surface area contributed by atoms with Crippen LogP contribution in [0.3, 0.4) is 0 Å². The van der Waals surface area contributed by atoms with Crippen molar-refractivity contribution in [1.29, 1.82) is 0 Å². The number of hydrogen-bond donors (Lipinski definition) is 1. The van der Waals surface area contributed by atoms with Gasteiger partial charge in [0, 0.05) is 12.0 Å². The third kappa shape index (κ3) is 17.2. The van der Waals surface area contributed by atoms with Gasteiger partial charge < -0.3 is 25.5 Å². The van der Waals surface area contributed by atoms with Crippen LogP contribution in [0.5, 0.6) is 0 Å². The Balaban J connectivity index is -0.000000135. The molecule has 0 aliphatic heterocycles. The van der Waals surface area contributed by atoms with Crippen LogP contribution in [0.15, 0.2) is 0 Å². The maximum atomic E-state index is 9.86. The van der Waals surface area contributed by atoms with E-state index in [4.69, 9.17) is 5.73 Å². The van der Waals surface area contributed by atoms with E-state index in [1.165, 1.54) is 0 Å². The average molecular weight is 230 g/mol. The summed E-state index contributed by atoms with van der Waals surface area (Å²) in [6, 6.07) is -1.21. The van der Waals surface area contributed by atoms with E-state index >= 15 is 0 Å². The van der Waals surface area contributed by atoms with Gasteiger partial charge in [0.15, 0.2) is 0 Å². The SMILES string of the molecule is N[C@@H](CCC(=O)[O-])C(=O)[O-].[K+].[Na+].[Na+]. The molecule has 0 amide bonds. The van der Waals surface area contributed by atoms with E-state index < -0.39 is 18.0 Å². The van der Waals surface area contributed by atoms with Crippen molar-refractivity contribution >= 4 is 11.9 Å². The van der Waals surface area contributed by atoms with Gasteiger partial charge in [-0.1, -0.05) is 0 Å². The monoisotopic (exact) mass is 230 g/mol. The fourth-order valence-corrected chi connectivity index (χ4v) is 0.391. The van der Waals surface area contributed by atoms with Crippen LogP contribution in [-0.4, -0.2) is 18.0 Å². The summed E-state index contributed by atoms with van der Waals surface area (Å²) < 4.78 is 0. The first-order valence-electron chi connectivity index (χ1n) is 2.70. The number of rotatable bonds is 4. The zero-order chi connectivity index (χ0) is 8.15. The molecule has 0 aromatic heterocycles. The Hall–Kier alpha value is 2.54. The molecule has 0 radical (unpaired) electrons. The van der Waals surface area contributed by atoms with E-state index in [-0.39, 0.29) is 123 Å². The number of carboxylic acids is 2. The van der Waals surface area contributed by atoms with E-state index in [0.717, 1.165) is 0 Å². The summed E-state index contributed by atoms with van der Waals surface area (Å²) in [6.45, 7) is 0. The first-order chi connectivity index (χ1) is 4.54. The maximum absolute atomic E-state index is 9.86. The quantitative estimate of drug-likeness (QED) is 0.483. The van der Waals surface area contributed by atoms with Crippen molar-refractivity contribution in [2.45, 2.75) is 18.9 Å². The second kappa shape index (κ2) is 14.5. The predicted octanol–water partition coefficient (Wildman–Crippen LogP) is -12.4. The zero-order valence-electron chi connectivity index (χ0n) is 8.20. The smallest absolute Gasteiger partial charge is 0.550 e. The minimum Gasteiger partial charge on any atom is -0.550 e. The minimum atomic E-state index is -1.44. The van der Waals surface area contributed by atoms with E-state index in [0.29, 0.717) is 0 Å². The average Bonchev–Trinajstić information content (AvgIpc) is 1.82. The van der Waals surface area contributed by atoms with Crippen molar-refractivity contribution in [3.8, 4) is 0 Å². The number of carboxylic acid groups (broad SMARTS) is 2.